The van der Waals surface area contributed by atoms with Crippen LogP contribution in [0.3, 0.4) is 0 Å². The van der Waals surface area contributed by atoms with Crippen molar-refractivity contribution < 1.29 is 31.2 Å². The molecule has 4 rings (SSSR count). The van der Waals surface area contributed by atoms with Crippen LogP contribution in [-0.4, -0.2) is 49.7 Å². The molecule has 0 radical (unpaired) electrons. The van der Waals surface area contributed by atoms with Gasteiger partial charge in [0.1, 0.15) is 24.8 Å². The zero-order valence-electron chi connectivity index (χ0n) is 20.3. The van der Waals surface area contributed by atoms with Crippen molar-refractivity contribution in [3.05, 3.63) is 53.9 Å². The van der Waals surface area contributed by atoms with Crippen molar-refractivity contribution in [2.24, 2.45) is 18.2 Å². The van der Waals surface area contributed by atoms with E-state index in [1.54, 1.807) is 0 Å². The standard InChI is InChI=1S/C25H34N5O3.2ClH/c1-3-32-23(31)25(9-14-29(15-10-25)21-7-11-28(2)12-8-21)18-33-22-5-4-19-6-13-30(24(26)27)17-20(19)16-22;;/h4-5,7-8,11-12,16H,3,6,9-10,13-15,17-18H2,1-2H3,(H3,26,27);2*1H/q+1;;/p-1. The van der Waals surface area contributed by atoms with Crippen molar-refractivity contribution in [3.63, 3.8) is 0 Å². The van der Waals surface area contributed by atoms with E-state index >= 15 is 0 Å². The number of benzene rings is 1. The molecule has 192 valence electrons. The number of rotatable bonds is 6. The highest BCUT2D eigenvalue weighted by Gasteiger charge is 2.44. The SMILES string of the molecule is CCOC(=O)C1(COc2ccc3c(c2)CN(C(=N)N)CC3)CCN(c2cc[n+](C)cc2)CC1.Cl.[Cl-]. The van der Waals surface area contributed by atoms with E-state index in [1.165, 1.54) is 5.56 Å². The molecule has 0 spiro atoms. The monoisotopic (exact) mass is 523 g/mol. The van der Waals surface area contributed by atoms with E-state index < -0.39 is 5.41 Å². The smallest absolute Gasteiger partial charge is 0.315 e. The number of fused-ring (bicyclic) bond motifs is 1. The molecule has 1 aromatic carbocycles. The first-order valence-electron chi connectivity index (χ1n) is 11.6. The van der Waals surface area contributed by atoms with Gasteiger partial charge in [-0.1, -0.05) is 6.07 Å². The van der Waals surface area contributed by atoms with Crippen LogP contribution in [0.1, 0.15) is 30.9 Å². The second kappa shape index (κ2) is 12.3. The second-order valence-corrected chi connectivity index (χ2v) is 8.99. The predicted octanol–water partition coefficient (Wildman–Crippen LogP) is -0.583. The summed E-state index contributed by atoms with van der Waals surface area (Å²) in [6, 6.07) is 10.3. The maximum absolute atomic E-state index is 13.0. The van der Waals surface area contributed by atoms with Crippen molar-refractivity contribution in [3.8, 4) is 5.75 Å². The van der Waals surface area contributed by atoms with Crippen LogP contribution in [0.4, 0.5) is 5.69 Å². The number of piperidine rings is 1. The Kier molecular flexibility index (Phi) is 10.0. The van der Waals surface area contributed by atoms with Gasteiger partial charge in [0, 0.05) is 44.0 Å². The fourth-order valence-electron chi connectivity index (χ4n) is 4.64. The summed E-state index contributed by atoms with van der Waals surface area (Å²) < 4.78 is 13.7. The van der Waals surface area contributed by atoms with E-state index in [9.17, 15) is 4.79 Å². The zero-order valence-corrected chi connectivity index (χ0v) is 21.9. The molecule has 0 aliphatic carbocycles. The van der Waals surface area contributed by atoms with Crippen molar-refractivity contribution in [2.75, 3.05) is 37.7 Å². The molecular weight excluding hydrogens is 489 g/mol. The molecule has 3 heterocycles. The Balaban J connectivity index is 0.00000216. The number of nitrogens with zero attached hydrogens (tertiary/aromatic N) is 3. The van der Waals surface area contributed by atoms with Crippen molar-refractivity contribution in [1.29, 1.82) is 5.41 Å². The Morgan fingerprint density at radius 2 is 1.83 bits per heavy atom. The fourth-order valence-corrected chi connectivity index (χ4v) is 4.64. The lowest BCUT2D eigenvalue weighted by atomic mass is 9.79. The van der Waals surface area contributed by atoms with Gasteiger partial charge in [-0.15, -0.1) is 12.4 Å². The lowest BCUT2D eigenvalue weighted by molar-refractivity contribution is -0.671. The van der Waals surface area contributed by atoms with Crippen LogP contribution in [-0.2, 0) is 29.5 Å². The lowest BCUT2D eigenvalue weighted by Crippen LogP contribution is -3.00. The molecule has 0 amide bonds. The van der Waals surface area contributed by atoms with Gasteiger partial charge in [0.15, 0.2) is 18.4 Å². The number of guanidine groups is 1. The lowest BCUT2D eigenvalue weighted by Gasteiger charge is -2.40. The maximum Gasteiger partial charge on any atom is 0.315 e. The first kappa shape index (κ1) is 28.5. The summed E-state index contributed by atoms with van der Waals surface area (Å²) in [6.45, 7) is 5.40. The molecule has 2 aliphatic heterocycles. The van der Waals surface area contributed by atoms with E-state index in [2.05, 4.69) is 23.1 Å². The maximum atomic E-state index is 13.0. The highest BCUT2D eigenvalue weighted by molar-refractivity contribution is 5.85. The molecule has 35 heavy (non-hydrogen) atoms. The first-order chi connectivity index (χ1) is 15.9. The third kappa shape index (κ3) is 6.49. The van der Waals surface area contributed by atoms with Crippen LogP contribution < -0.4 is 32.3 Å². The molecule has 0 unspecified atom stereocenters. The Hall–Kier alpha value is -2.71. The molecule has 3 N–H and O–H groups in total. The highest BCUT2D eigenvalue weighted by Crippen LogP contribution is 2.36. The van der Waals surface area contributed by atoms with Crippen LogP contribution in [0.5, 0.6) is 5.75 Å². The summed E-state index contributed by atoms with van der Waals surface area (Å²) in [5, 5.41) is 7.72. The number of hydrogen-bond donors (Lipinski definition) is 2. The Labute approximate surface area is 219 Å². The Bertz CT molecular complexity index is 1010. The molecule has 10 heteroatoms. The summed E-state index contributed by atoms with van der Waals surface area (Å²) >= 11 is 0. The van der Waals surface area contributed by atoms with Gasteiger partial charge >= 0.3 is 5.97 Å². The molecule has 1 saturated heterocycles. The van der Waals surface area contributed by atoms with Gasteiger partial charge in [0.05, 0.1) is 6.61 Å². The molecule has 2 aromatic rings. The molecule has 0 bridgehead atoms. The minimum atomic E-state index is -0.659. The van der Waals surface area contributed by atoms with Crippen molar-refractivity contribution in [1.82, 2.24) is 4.90 Å². The van der Waals surface area contributed by atoms with Crippen LogP contribution in [0, 0.1) is 10.8 Å². The Morgan fingerprint density at radius 3 is 2.46 bits per heavy atom. The van der Waals surface area contributed by atoms with Gasteiger partial charge < -0.3 is 37.4 Å². The largest absolute Gasteiger partial charge is 1.00 e. The topological polar surface area (TPSA) is 95.8 Å². The number of carbonyl (C=O) groups is 1. The highest BCUT2D eigenvalue weighted by atomic mass is 35.5. The number of pyridine rings is 1. The minimum absolute atomic E-state index is 0. The predicted molar refractivity (Wildman–Crippen MR) is 133 cm³/mol. The molecule has 1 aromatic heterocycles. The Morgan fingerprint density at radius 1 is 1.14 bits per heavy atom. The van der Waals surface area contributed by atoms with E-state index in [4.69, 9.17) is 20.6 Å². The molecule has 8 nitrogen and oxygen atoms in total. The average molecular weight is 524 g/mol. The number of esters is 1. The molecule has 0 saturated carbocycles. The number of anilines is 1. The molecule has 0 atom stereocenters. The van der Waals surface area contributed by atoms with E-state index in [0.29, 0.717) is 32.6 Å². The summed E-state index contributed by atoms with van der Waals surface area (Å²) in [6.07, 6.45) is 6.28. The minimum Gasteiger partial charge on any atom is -1.00 e. The van der Waals surface area contributed by atoms with Crippen LogP contribution in [0.2, 0.25) is 0 Å². The van der Waals surface area contributed by atoms with Gasteiger partial charge in [-0.05, 0) is 49.4 Å². The average Bonchev–Trinajstić information content (AvgIpc) is 2.83. The number of nitrogens with one attached hydrogen (secondary N) is 1. The van der Waals surface area contributed by atoms with Crippen molar-refractivity contribution >= 4 is 30.0 Å². The van der Waals surface area contributed by atoms with Gasteiger partial charge in [-0.2, -0.15) is 0 Å². The van der Waals surface area contributed by atoms with Gasteiger partial charge in [-0.3, -0.25) is 10.2 Å². The van der Waals surface area contributed by atoms with E-state index in [1.807, 2.05) is 48.0 Å². The number of ether oxygens (including phenoxy) is 2. The molecular formula is C25H35Cl2N5O3. The first-order valence-corrected chi connectivity index (χ1v) is 11.6. The van der Waals surface area contributed by atoms with Crippen LogP contribution in [0.15, 0.2) is 42.7 Å². The number of carbonyl (C=O) groups excluding carboxylic acids is 1. The van der Waals surface area contributed by atoms with E-state index in [0.717, 1.165) is 43.1 Å². The number of halogens is 2. The summed E-state index contributed by atoms with van der Waals surface area (Å²) in [5.41, 5.74) is 8.55. The molecule has 1 fully saturated rings. The number of hydrogen-bond acceptors (Lipinski definition) is 5. The quantitative estimate of drug-likeness (QED) is 0.227. The molecule has 2 aliphatic rings. The van der Waals surface area contributed by atoms with Gasteiger partial charge in [0.2, 0.25) is 0 Å². The second-order valence-electron chi connectivity index (χ2n) is 8.99. The number of aryl methyl sites for hydroxylation is 1. The van der Waals surface area contributed by atoms with Crippen LogP contribution in [0.25, 0.3) is 0 Å². The van der Waals surface area contributed by atoms with E-state index in [-0.39, 0.29) is 36.7 Å². The van der Waals surface area contributed by atoms with Crippen LogP contribution >= 0.6 is 12.4 Å². The fraction of sp³-hybridized carbons (Fsp3) is 0.480. The van der Waals surface area contributed by atoms with Gasteiger partial charge in [0.25, 0.3) is 0 Å². The summed E-state index contributed by atoms with van der Waals surface area (Å²) in [5.74, 6) is 0.651. The summed E-state index contributed by atoms with van der Waals surface area (Å²) in [7, 11) is 2.00. The third-order valence-corrected chi connectivity index (χ3v) is 6.80. The summed E-state index contributed by atoms with van der Waals surface area (Å²) in [4.78, 5) is 17.2. The van der Waals surface area contributed by atoms with Gasteiger partial charge in [-0.25, -0.2) is 4.57 Å². The number of nitrogens with two attached hydrogens (primary N) is 1. The van der Waals surface area contributed by atoms with Crippen molar-refractivity contribution in [2.45, 2.75) is 32.7 Å². The third-order valence-electron chi connectivity index (χ3n) is 6.80. The normalized spacial score (nSPS) is 16.3. The number of aromatic nitrogens is 1. The zero-order chi connectivity index (χ0) is 23.4.